The fourth-order valence-corrected chi connectivity index (χ4v) is 13.1. The van der Waals surface area contributed by atoms with Gasteiger partial charge in [0.1, 0.15) is 79.0 Å². The summed E-state index contributed by atoms with van der Waals surface area (Å²) >= 11 is 0. The lowest BCUT2D eigenvalue weighted by Gasteiger charge is -2.45. The van der Waals surface area contributed by atoms with Crippen molar-refractivity contribution in [1.29, 1.82) is 0 Å². The molecule has 3 aliphatic rings. The van der Waals surface area contributed by atoms with Crippen molar-refractivity contribution in [1.82, 2.24) is 0 Å². The average Bonchev–Trinajstić information content (AvgIpc) is 0.796. The van der Waals surface area contributed by atoms with Gasteiger partial charge in [-0.05, 0) is 172 Å². The molecule has 0 saturated carbocycles. The summed E-state index contributed by atoms with van der Waals surface area (Å²) in [5.74, 6) is 5.95. The molecule has 11 atom stereocenters. The lowest BCUT2D eigenvalue weighted by atomic mass is 9.86. The Kier molecular flexibility index (Phi) is 40.4. The van der Waals surface area contributed by atoms with Crippen LogP contribution in [0, 0.1) is 11.8 Å². The van der Waals surface area contributed by atoms with Crippen molar-refractivity contribution >= 4 is 37.7 Å². The summed E-state index contributed by atoms with van der Waals surface area (Å²) in [6.07, 6.45) is 23.8. The number of aldehydes is 6. The molecule has 0 amide bonds. The van der Waals surface area contributed by atoms with Crippen LogP contribution in [-0.4, -0.2) is 196 Å². The Morgan fingerprint density at radius 3 is 1.30 bits per heavy atom. The Balaban J connectivity index is 0.000000319. The number of benzene rings is 5. The Morgan fingerprint density at radius 1 is 0.400 bits per heavy atom. The third-order valence-corrected chi connectivity index (χ3v) is 19.3. The molecule has 0 bridgehead atoms. The predicted molar refractivity (Wildman–Crippen MR) is 431 cm³/mol. The van der Waals surface area contributed by atoms with E-state index < -0.39 is 43.1 Å². The Labute approximate surface area is 674 Å². The van der Waals surface area contributed by atoms with Crippen LogP contribution in [0.4, 0.5) is 0 Å². The number of rotatable bonds is 48. The zero-order valence-electron chi connectivity index (χ0n) is 67.9. The third-order valence-electron chi connectivity index (χ3n) is 19.3. The summed E-state index contributed by atoms with van der Waals surface area (Å²) in [6.45, 7) is 13.6. The summed E-state index contributed by atoms with van der Waals surface area (Å²) < 4.78 is 114. The van der Waals surface area contributed by atoms with E-state index in [1.807, 2.05) is 75.4 Å². The molecule has 1 aliphatic carbocycles. The highest BCUT2D eigenvalue weighted by atomic mass is 16.7. The fourth-order valence-electron chi connectivity index (χ4n) is 13.1. The average molecular weight is 1590 g/mol. The highest BCUT2D eigenvalue weighted by Gasteiger charge is 2.48. The van der Waals surface area contributed by atoms with Crippen LogP contribution in [0.2, 0.25) is 0 Å². The molecule has 2 fully saturated rings. The smallest absolute Gasteiger partial charge is 0.186 e. The van der Waals surface area contributed by atoms with Crippen LogP contribution in [0.15, 0.2) is 187 Å². The number of aryl methyl sites for hydroxylation is 1. The first kappa shape index (κ1) is 92.2. The summed E-state index contributed by atoms with van der Waals surface area (Å²) in [4.78, 5) is 67.3. The van der Waals surface area contributed by atoms with Crippen molar-refractivity contribution in [2.24, 2.45) is 11.8 Å². The van der Waals surface area contributed by atoms with Crippen LogP contribution in [0.3, 0.4) is 0 Å². The molecule has 5 unspecified atom stereocenters. The number of hydrogen-bond donors (Lipinski definition) is 0. The van der Waals surface area contributed by atoms with Gasteiger partial charge < -0.3 is 90.0 Å². The van der Waals surface area contributed by atoms with E-state index in [1.54, 1.807) is 140 Å². The molecule has 2 saturated heterocycles. The maximum absolute atomic E-state index is 11.3. The Morgan fingerprint density at radius 2 is 0.826 bits per heavy atom. The molecule has 0 N–H and O–H groups in total. The van der Waals surface area contributed by atoms with Crippen molar-refractivity contribution in [2.75, 3.05) is 103 Å². The number of carbonyl (C=O) groups is 6. The zero-order valence-corrected chi connectivity index (χ0v) is 67.9. The predicted octanol–water partition coefficient (Wildman–Crippen LogP) is 14.5. The van der Waals surface area contributed by atoms with Gasteiger partial charge in [0.25, 0.3) is 0 Å². The molecule has 115 heavy (non-hydrogen) atoms. The second-order valence-electron chi connectivity index (χ2n) is 26.7. The topological polar surface area (TPSA) is 278 Å². The van der Waals surface area contributed by atoms with E-state index in [-0.39, 0.29) is 70.3 Å². The summed E-state index contributed by atoms with van der Waals surface area (Å²) in [7, 11) is 10.9. The number of hydrogen-bond acceptors (Lipinski definition) is 25. The molecule has 0 spiro atoms. The van der Waals surface area contributed by atoms with Crippen LogP contribution < -0.4 is 33.2 Å². The quantitative estimate of drug-likeness (QED) is 0.0151. The highest BCUT2D eigenvalue weighted by Crippen LogP contribution is 2.37. The van der Waals surface area contributed by atoms with E-state index in [0.717, 1.165) is 60.8 Å². The minimum atomic E-state index is -0.791. The molecule has 5 aromatic carbocycles. The minimum absolute atomic E-state index is 0.0961. The zero-order chi connectivity index (χ0) is 82.9. The standard InChI is InChI=1S/C46H58O13.C44H52O12/c1-9-36-23-33(26-47)11-14-38(36)56-31(4)18-21-54-44-37(10-2)43(29-53-20-17-30(3)57-39-15-12-34(27-48)24-41(39)50-6)59-46(52-8)45(44)55-22-19-32(5)58-40-16-13-35(28-49)25-42(40)51-7;1-6-36-41(30-52-20-11-23-53-37-19-16-33(29-47)26-40(37)50-4)56-44(51-5)43(55-22-10-8-13-35-18-15-32(28-46)25-39(35)49-3)42(36)54-21-9-7-12-34-17-14-31(27-45)24-38(34)48-2/h11-19,23,25-28,37,41,43-46H,9-10,20-22,24,29H2,1-8H3;7-11,14-19,23-29,36,41-44H,6,12-13,20-22,30H2,1-5H3/b30-17+,31-18+,32-19+;9-7+,10-8+,23-11+/t37-,41?,43?,44+,45?,46-;36-,41?,42+,43?,44-/m11/s1. The molecular weight excluding hydrogens is 1480 g/mol. The summed E-state index contributed by atoms with van der Waals surface area (Å²) in [5, 5.41) is 0. The maximum atomic E-state index is 11.3. The molecule has 0 aromatic heterocycles. The van der Waals surface area contributed by atoms with Gasteiger partial charge in [0.05, 0.1) is 129 Å². The molecular formula is C90H110O25. The van der Waals surface area contributed by atoms with Crippen molar-refractivity contribution in [3.05, 3.63) is 231 Å². The second kappa shape index (κ2) is 50.4. The van der Waals surface area contributed by atoms with Gasteiger partial charge >= 0.3 is 0 Å². The van der Waals surface area contributed by atoms with Gasteiger partial charge in [-0.2, -0.15) is 0 Å². The molecule has 2 heterocycles. The van der Waals surface area contributed by atoms with E-state index in [9.17, 15) is 28.8 Å². The molecule has 0 radical (unpaired) electrons. The van der Waals surface area contributed by atoms with Crippen LogP contribution in [0.1, 0.15) is 129 Å². The van der Waals surface area contributed by atoms with Gasteiger partial charge in [0, 0.05) is 67.4 Å². The van der Waals surface area contributed by atoms with Gasteiger partial charge in [-0.1, -0.05) is 75.4 Å². The van der Waals surface area contributed by atoms with Crippen molar-refractivity contribution in [3.63, 3.8) is 0 Å². The molecule has 25 heteroatoms. The first-order valence-corrected chi connectivity index (χ1v) is 38.2. The number of carbonyl (C=O) groups excluding carboxylic acids is 6. The monoisotopic (exact) mass is 1590 g/mol. The third kappa shape index (κ3) is 28.2. The van der Waals surface area contributed by atoms with Gasteiger partial charge in [-0.25, -0.2) is 0 Å². The normalized spacial score (nSPS) is 21.2. The van der Waals surface area contributed by atoms with E-state index in [0.29, 0.717) is 135 Å². The number of allylic oxidation sites excluding steroid dienone is 7. The summed E-state index contributed by atoms with van der Waals surface area (Å²) in [6, 6.07) is 25.9. The Bertz CT molecular complexity index is 4170. The van der Waals surface area contributed by atoms with Crippen molar-refractivity contribution in [3.8, 4) is 40.2 Å². The van der Waals surface area contributed by atoms with Crippen LogP contribution in [0.5, 0.6) is 40.2 Å². The number of methoxy groups -OCH3 is 7. The lowest BCUT2D eigenvalue weighted by Crippen LogP contribution is -2.58. The minimum Gasteiger partial charge on any atom is -0.496 e. The summed E-state index contributed by atoms with van der Waals surface area (Å²) in [5.41, 5.74) is 6.11. The van der Waals surface area contributed by atoms with Crippen LogP contribution >= 0.6 is 0 Å². The van der Waals surface area contributed by atoms with Gasteiger partial charge in [0.15, 0.2) is 35.6 Å². The SMILES string of the molecule is CC[C@@H]1C(COC/C=C/Oc2ccc(C=O)cc2OC)O[C@@H](OC)C(OC/C=C/Cc2ccc(C=O)cc2OC)[C@H]1OC/C=C/Cc1ccc(C=O)cc1OC.CCc1cc(C=O)ccc1O/C(C)=C/CO[C@@H]1C(OC/C=C(\C)Oc2ccc(C=O)cc2OC)[C@H](OC)OC(COC/C=C(\C)OC2=CC=C(C=O)CC2OC)[C@H]1CC. The van der Waals surface area contributed by atoms with E-state index in [2.05, 4.69) is 13.8 Å². The Hall–Kier alpha value is -10.0. The van der Waals surface area contributed by atoms with Crippen molar-refractivity contribution < 1.29 is 119 Å². The molecule has 5 aromatic rings. The van der Waals surface area contributed by atoms with Gasteiger partial charge in [-0.15, -0.1) is 0 Å². The first-order valence-electron chi connectivity index (χ1n) is 38.2. The molecule has 2 aliphatic heterocycles. The first-order chi connectivity index (χ1) is 56.0. The van der Waals surface area contributed by atoms with E-state index >= 15 is 0 Å². The molecule has 620 valence electrons. The molecule has 25 nitrogen and oxygen atoms in total. The van der Waals surface area contributed by atoms with E-state index in [1.165, 1.54) is 20.5 Å². The van der Waals surface area contributed by atoms with Crippen LogP contribution in [0.25, 0.3) is 0 Å². The fraction of sp³-hybridized carbons (Fsp3) is 0.422. The van der Waals surface area contributed by atoms with E-state index in [4.69, 9.17) is 90.0 Å². The number of ether oxygens (including phenoxy) is 19. The maximum Gasteiger partial charge on any atom is 0.186 e. The van der Waals surface area contributed by atoms with Crippen molar-refractivity contribution in [2.45, 2.75) is 135 Å². The van der Waals surface area contributed by atoms with Gasteiger partial charge in [0.2, 0.25) is 0 Å². The largest absolute Gasteiger partial charge is 0.496 e. The lowest BCUT2D eigenvalue weighted by molar-refractivity contribution is -0.298. The molecule has 8 rings (SSSR count). The van der Waals surface area contributed by atoms with Gasteiger partial charge in [-0.3, -0.25) is 28.8 Å². The second-order valence-corrected chi connectivity index (χ2v) is 26.7. The highest BCUT2D eigenvalue weighted by molar-refractivity contribution is 5.79. The van der Waals surface area contributed by atoms with Crippen LogP contribution in [-0.2, 0) is 80.9 Å².